The van der Waals surface area contributed by atoms with Crippen molar-refractivity contribution in [2.45, 2.75) is 9.79 Å². The molecule has 0 aliphatic heterocycles. The number of ether oxygens (including phenoxy) is 1. The number of rotatable bonds is 8. The first kappa shape index (κ1) is 20.8. The summed E-state index contributed by atoms with van der Waals surface area (Å²) in [6.07, 6.45) is 1.93. The zero-order valence-electron chi connectivity index (χ0n) is 15.7. The van der Waals surface area contributed by atoms with Gasteiger partial charge in [-0.1, -0.05) is 30.3 Å². The fraction of sp³-hybridized carbons (Fsp3) is 0.0952. The first-order chi connectivity index (χ1) is 14.0. The summed E-state index contributed by atoms with van der Waals surface area (Å²) < 4.78 is 32.8. The van der Waals surface area contributed by atoms with Gasteiger partial charge in [0.15, 0.2) is 6.61 Å². The molecule has 29 heavy (non-hydrogen) atoms. The zero-order valence-corrected chi connectivity index (χ0v) is 17.3. The predicted octanol–water partition coefficient (Wildman–Crippen LogP) is 4.23. The molecule has 3 aromatic rings. The maximum absolute atomic E-state index is 12.4. The minimum Gasteiger partial charge on any atom is -0.484 e. The Morgan fingerprint density at radius 3 is 2.28 bits per heavy atom. The lowest BCUT2D eigenvalue weighted by molar-refractivity contribution is -0.118. The second-order valence-corrected chi connectivity index (χ2v) is 8.51. The molecule has 6 nitrogen and oxygen atoms in total. The number of anilines is 2. The monoisotopic (exact) mass is 428 g/mol. The van der Waals surface area contributed by atoms with Gasteiger partial charge < -0.3 is 10.1 Å². The lowest BCUT2D eigenvalue weighted by Gasteiger charge is -2.11. The number of carbonyl (C=O) groups excluding carboxylic acids is 1. The topological polar surface area (TPSA) is 84.5 Å². The number of benzene rings is 3. The van der Waals surface area contributed by atoms with Crippen molar-refractivity contribution in [1.29, 1.82) is 0 Å². The summed E-state index contributed by atoms with van der Waals surface area (Å²) in [6.45, 7) is -0.183. The smallest absolute Gasteiger partial charge is 0.262 e. The molecule has 0 bridgehead atoms. The SMILES string of the molecule is CSc1ccccc1NC(=O)COc1ccc(S(=O)(=O)Nc2ccccc2)cc1. The van der Waals surface area contributed by atoms with Gasteiger partial charge in [-0.2, -0.15) is 0 Å². The summed E-state index contributed by atoms with van der Waals surface area (Å²) in [4.78, 5) is 13.2. The Morgan fingerprint density at radius 2 is 1.59 bits per heavy atom. The second kappa shape index (κ2) is 9.49. The highest BCUT2D eigenvalue weighted by molar-refractivity contribution is 7.98. The second-order valence-electron chi connectivity index (χ2n) is 5.98. The number of sulfonamides is 1. The van der Waals surface area contributed by atoms with Crippen molar-refractivity contribution in [2.24, 2.45) is 0 Å². The minimum absolute atomic E-state index is 0.104. The van der Waals surface area contributed by atoms with Gasteiger partial charge in [-0.3, -0.25) is 9.52 Å². The molecule has 0 aliphatic carbocycles. The number of hydrogen-bond donors (Lipinski definition) is 2. The molecule has 0 atom stereocenters. The van der Waals surface area contributed by atoms with Crippen molar-refractivity contribution >= 4 is 39.1 Å². The normalized spacial score (nSPS) is 10.9. The van der Waals surface area contributed by atoms with Crippen LogP contribution in [0.15, 0.2) is 88.7 Å². The highest BCUT2D eigenvalue weighted by Crippen LogP contribution is 2.24. The average Bonchev–Trinajstić information content (AvgIpc) is 2.73. The van der Waals surface area contributed by atoms with Crippen molar-refractivity contribution in [1.82, 2.24) is 0 Å². The first-order valence-electron chi connectivity index (χ1n) is 8.71. The standard InChI is InChI=1S/C21H20N2O4S2/c1-28-20-10-6-5-9-19(20)22-21(24)15-27-17-11-13-18(14-12-17)29(25,26)23-16-7-3-2-4-8-16/h2-14,23H,15H2,1H3,(H,22,24). The summed E-state index contributed by atoms with van der Waals surface area (Å²) in [5.74, 6) is 0.103. The van der Waals surface area contributed by atoms with E-state index in [0.717, 1.165) is 10.6 Å². The molecule has 2 N–H and O–H groups in total. The Hall–Kier alpha value is -2.97. The van der Waals surface area contributed by atoms with E-state index in [-0.39, 0.29) is 17.4 Å². The molecule has 1 amide bonds. The molecule has 0 fully saturated rings. The molecule has 0 unspecified atom stereocenters. The summed E-state index contributed by atoms with van der Waals surface area (Å²) in [5, 5.41) is 2.80. The van der Waals surface area contributed by atoms with E-state index in [4.69, 9.17) is 4.74 Å². The zero-order chi connectivity index (χ0) is 20.7. The Balaban J connectivity index is 1.58. The van der Waals surface area contributed by atoms with Crippen LogP contribution in [0.1, 0.15) is 0 Å². The molecule has 0 aliphatic rings. The van der Waals surface area contributed by atoms with Gasteiger partial charge in [0, 0.05) is 10.6 Å². The number of hydrogen-bond acceptors (Lipinski definition) is 5. The van der Waals surface area contributed by atoms with Crippen LogP contribution in [0.4, 0.5) is 11.4 Å². The van der Waals surface area contributed by atoms with Crippen molar-refractivity contribution in [3.8, 4) is 5.75 Å². The highest BCUT2D eigenvalue weighted by Gasteiger charge is 2.14. The first-order valence-corrected chi connectivity index (χ1v) is 11.4. The van der Waals surface area contributed by atoms with E-state index >= 15 is 0 Å². The molecule has 3 rings (SSSR count). The fourth-order valence-corrected chi connectivity index (χ4v) is 4.13. The highest BCUT2D eigenvalue weighted by atomic mass is 32.2. The van der Waals surface area contributed by atoms with Gasteiger partial charge in [0.1, 0.15) is 5.75 Å². The largest absolute Gasteiger partial charge is 0.484 e. The maximum atomic E-state index is 12.4. The molecule has 3 aromatic carbocycles. The van der Waals surface area contributed by atoms with Crippen LogP contribution in [0.25, 0.3) is 0 Å². The van der Waals surface area contributed by atoms with Crippen molar-refractivity contribution < 1.29 is 17.9 Å². The van der Waals surface area contributed by atoms with Crippen LogP contribution < -0.4 is 14.8 Å². The van der Waals surface area contributed by atoms with Crippen LogP contribution in [0, 0.1) is 0 Å². The average molecular weight is 429 g/mol. The van der Waals surface area contributed by atoms with Gasteiger partial charge in [-0.25, -0.2) is 8.42 Å². The lowest BCUT2D eigenvalue weighted by Crippen LogP contribution is -2.20. The van der Waals surface area contributed by atoms with E-state index in [1.54, 1.807) is 30.3 Å². The molecule has 0 heterocycles. The molecule has 0 radical (unpaired) electrons. The summed E-state index contributed by atoms with van der Waals surface area (Å²) in [7, 11) is -3.70. The number of thioether (sulfide) groups is 1. The predicted molar refractivity (Wildman–Crippen MR) is 116 cm³/mol. The Bertz CT molecular complexity index is 1070. The van der Waals surface area contributed by atoms with Crippen LogP contribution in [-0.4, -0.2) is 27.2 Å². The van der Waals surface area contributed by atoms with Gasteiger partial charge in [0.25, 0.3) is 15.9 Å². The van der Waals surface area contributed by atoms with Gasteiger partial charge in [0.05, 0.1) is 10.6 Å². The summed E-state index contributed by atoms with van der Waals surface area (Å²) in [5.41, 5.74) is 1.21. The van der Waals surface area contributed by atoms with Crippen LogP contribution in [0.3, 0.4) is 0 Å². The van der Waals surface area contributed by atoms with E-state index in [1.807, 2.05) is 30.5 Å². The molecule has 0 aromatic heterocycles. The number of amides is 1. The molecule has 0 saturated heterocycles. The van der Waals surface area contributed by atoms with Crippen molar-refractivity contribution in [2.75, 3.05) is 22.9 Å². The van der Waals surface area contributed by atoms with Crippen molar-refractivity contribution in [3.05, 3.63) is 78.9 Å². The van der Waals surface area contributed by atoms with Gasteiger partial charge >= 0.3 is 0 Å². The van der Waals surface area contributed by atoms with E-state index in [0.29, 0.717) is 11.4 Å². The Kier molecular flexibility index (Phi) is 6.79. The Morgan fingerprint density at radius 1 is 0.931 bits per heavy atom. The minimum atomic E-state index is -3.70. The molecule has 0 saturated carbocycles. The summed E-state index contributed by atoms with van der Waals surface area (Å²) in [6, 6.07) is 22.0. The van der Waals surface area contributed by atoms with Crippen LogP contribution in [0.5, 0.6) is 5.75 Å². The number of carbonyl (C=O) groups is 1. The van der Waals surface area contributed by atoms with E-state index < -0.39 is 10.0 Å². The van der Waals surface area contributed by atoms with Crippen LogP contribution in [0.2, 0.25) is 0 Å². The van der Waals surface area contributed by atoms with E-state index in [9.17, 15) is 13.2 Å². The third-order valence-electron chi connectivity index (χ3n) is 3.91. The molecular formula is C21H20N2O4S2. The molecule has 150 valence electrons. The number of nitrogens with one attached hydrogen (secondary N) is 2. The van der Waals surface area contributed by atoms with Gasteiger partial charge in [0.2, 0.25) is 0 Å². The quantitative estimate of drug-likeness (QED) is 0.525. The van der Waals surface area contributed by atoms with Gasteiger partial charge in [-0.05, 0) is 54.8 Å². The van der Waals surface area contributed by atoms with E-state index in [2.05, 4.69) is 10.0 Å². The Labute approximate surface area is 174 Å². The van der Waals surface area contributed by atoms with Crippen LogP contribution >= 0.6 is 11.8 Å². The van der Waals surface area contributed by atoms with Crippen LogP contribution in [-0.2, 0) is 14.8 Å². The van der Waals surface area contributed by atoms with E-state index in [1.165, 1.54) is 36.0 Å². The third-order valence-corrected chi connectivity index (χ3v) is 6.10. The summed E-state index contributed by atoms with van der Waals surface area (Å²) >= 11 is 1.54. The molecule has 0 spiro atoms. The molecule has 8 heteroatoms. The third kappa shape index (κ3) is 5.75. The van der Waals surface area contributed by atoms with Crippen molar-refractivity contribution in [3.63, 3.8) is 0 Å². The maximum Gasteiger partial charge on any atom is 0.262 e. The van der Waals surface area contributed by atoms with Gasteiger partial charge in [-0.15, -0.1) is 11.8 Å². The lowest BCUT2D eigenvalue weighted by atomic mass is 10.3. The number of para-hydroxylation sites is 2. The molecular weight excluding hydrogens is 408 g/mol. The fourth-order valence-electron chi connectivity index (χ4n) is 2.52.